The summed E-state index contributed by atoms with van der Waals surface area (Å²) in [6.45, 7) is 2.15. The minimum Gasteiger partial charge on any atom is -0.462 e. The summed E-state index contributed by atoms with van der Waals surface area (Å²) in [5.41, 5.74) is 0. The minimum atomic E-state index is -4.64. The Morgan fingerprint density at radius 3 is 1.53 bits per heavy atom. The topological polar surface area (TPSA) is 149 Å². The molecule has 0 heterocycles. The monoisotopic (exact) mass is 821 g/mol. The Kier molecular flexibility index (Phi) is 39.2. The zero-order valence-electron chi connectivity index (χ0n) is 35.3. The maximum absolute atomic E-state index is 12.6. The van der Waals surface area contributed by atoms with Crippen LogP contribution in [0.15, 0.2) is 85.1 Å². The van der Waals surface area contributed by atoms with E-state index in [-0.39, 0.29) is 19.4 Å². The second-order valence-corrected chi connectivity index (χ2v) is 15.4. The van der Waals surface area contributed by atoms with Gasteiger partial charge in [-0.05, 0) is 77.0 Å². The third kappa shape index (κ3) is 41.1. The summed E-state index contributed by atoms with van der Waals surface area (Å²) in [6.07, 6.45) is 48.5. The Balaban J connectivity index is 4.44. The number of phosphoric ester groups is 1. The predicted molar refractivity (Wildman–Crippen MR) is 233 cm³/mol. The van der Waals surface area contributed by atoms with E-state index in [2.05, 4.69) is 91.3 Å². The van der Waals surface area contributed by atoms with Crippen LogP contribution < -0.4 is 0 Å². The Bertz CT molecular complexity index is 1220. The van der Waals surface area contributed by atoms with Gasteiger partial charge in [0.15, 0.2) is 6.10 Å². The molecule has 0 rings (SSSR count). The van der Waals surface area contributed by atoms with Crippen molar-refractivity contribution in [1.82, 2.24) is 0 Å². The molecule has 0 fully saturated rings. The number of hydrogen-bond donors (Lipinski definition) is 3. The van der Waals surface area contributed by atoms with E-state index < -0.39 is 51.8 Å². The highest BCUT2D eigenvalue weighted by Crippen LogP contribution is 2.43. The molecule has 0 radical (unpaired) electrons. The van der Waals surface area contributed by atoms with Crippen molar-refractivity contribution in [3.8, 4) is 0 Å². The van der Waals surface area contributed by atoms with Crippen molar-refractivity contribution in [1.29, 1.82) is 0 Å². The van der Waals surface area contributed by atoms with E-state index in [1.54, 1.807) is 0 Å². The van der Waals surface area contributed by atoms with Gasteiger partial charge in [0.1, 0.15) is 12.7 Å². The number of aliphatic hydroxyl groups is 2. The Labute approximate surface area is 345 Å². The summed E-state index contributed by atoms with van der Waals surface area (Å²) in [5, 5.41) is 18.3. The highest BCUT2D eigenvalue weighted by molar-refractivity contribution is 7.47. The predicted octanol–water partition coefficient (Wildman–Crippen LogP) is 11.4. The van der Waals surface area contributed by atoms with E-state index in [1.807, 2.05) is 12.2 Å². The summed E-state index contributed by atoms with van der Waals surface area (Å²) < 4.78 is 32.6. The average molecular weight is 821 g/mol. The van der Waals surface area contributed by atoms with Crippen LogP contribution in [0.5, 0.6) is 0 Å². The van der Waals surface area contributed by atoms with Crippen LogP contribution in [-0.2, 0) is 32.7 Å². The van der Waals surface area contributed by atoms with Gasteiger partial charge in [0.25, 0.3) is 0 Å². The molecular formula is C46H77O10P. The molecule has 3 N–H and O–H groups in total. The number of unbranched alkanes of at least 4 members (excludes halogenated alkanes) is 11. The van der Waals surface area contributed by atoms with Crippen LogP contribution in [0.4, 0.5) is 0 Å². The van der Waals surface area contributed by atoms with Gasteiger partial charge in [-0.15, -0.1) is 0 Å². The van der Waals surface area contributed by atoms with E-state index in [9.17, 15) is 24.2 Å². The van der Waals surface area contributed by atoms with Gasteiger partial charge < -0.3 is 24.6 Å². The van der Waals surface area contributed by atoms with Gasteiger partial charge in [0.2, 0.25) is 0 Å². The largest absolute Gasteiger partial charge is 0.472 e. The van der Waals surface area contributed by atoms with Crippen molar-refractivity contribution < 1.29 is 47.8 Å². The molecule has 326 valence electrons. The number of rotatable bonds is 39. The molecule has 11 heteroatoms. The number of carbonyl (C=O) groups excluding carboxylic acids is 2. The summed E-state index contributed by atoms with van der Waals surface area (Å²) in [4.78, 5) is 34.9. The molecule has 0 aromatic rings. The minimum absolute atomic E-state index is 0.111. The molecule has 0 saturated heterocycles. The molecule has 0 aromatic carbocycles. The first kappa shape index (κ1) is 54.2. The first-order valence-electron chi connectivity index (χ1n) is 21.5. The van der Waals surface area contributed by atoms with Crippen LogP contribution in [0.1, 0.15) is 155 Å². The lowest BCUT2D eigenvalue weighted by Crippen LogP contribution is -2.29. The third-order valence-electron chi connectivity index (χ3n) is 8.55. The van der Waals surface area contributed by atoms with Crippen molar-refractivity contribution in [2.45, 2.75) is 167 Å². The lowest BCUT2D eigenvalue weighted by Gasteiger charge is -2.20. The van der Waals surface area contributed by atoms with E-state index in [0.29, 0.717) is 12.8 Å². The fraction of sp³-hybridized carbons (Fsp3) is 0.652. The van der Waals surface area contributed by atoms with Crippen molar-refractivity contribution in [3.05, 3.63) is 85.1 Å². The van der Waals surface area contributed by atoms with Gasteiger partial charge in [0, 0.05) is 12.8 Å². The summed E-state index contributed by atoms with van der Waals surface area (Å²) >= 11 is 0. The quantitative estimate of drug-likeness (QED) is 0.0237. The van der Waals surface area contributed by atoms with Crippen LogP contribution in [-0.4, -0.2) is 65.7 Å². The molecule has 0 aliphatic heterocycles. The maximum atomic E-state index is 12.6. The maximum Gasteiger partial charge on any atom is 0.472 e. The first-order chi connectivity index (χ1) is 27.7. The molecular weight excluding hydrogens is 743 g/mol. The summed E-state index contributed by atoms with van der Waals surface area (Å²) in [6, 6.07) is 0. The van der Waals surface area contributed by atoms with E-state index in [4.69, 9.17) is 19.1 Å². The standard InChI is InChI=1S/C46H77O10P/c1-3-5-7-9-11-13-15-17-19-20-21-22-24-25-27-29-31-33-35-37-45(49)53-41-44(42-55-57(51,52)54-40-43(48)39-47)56-46(50)38-36-34-32-30-28-26-23-18-16-14-12-10-8-6-4-2/h5,7,11,13-14,16-17,19,21-22,25,27,31,33,43-44,47-48H,3-4,6,8-10,12,15,18,20,23-24,26,28-30,32,34-42H2,1-2H3,(H,51,52)/b7-5+,13-11+,16-14+,19-17+,22-21+,27-25+,33-31+/t43-,44+/m0/s1. The van der Waals surface area contributed by atoms with E-state index in [0.717, 1.165) is 70.6 Å². The average Bonchev–Trinajstić information content (AvgIpc) is 3.20. The first-order valence-corrected chi connectivity index (χ1v) is 23.0. The number of hydrogen-bond acceptors (Lipinski definition) is 9. The molecule has 0 aliphatic rings. The molecule has 0 spiro atoms. The lowest BCUT2D eigenvalue weighted by atomic mass is 10.1. The SMILES string of the molecule is CC/C=C/C/C=C/C/C=C/C/C=C/C/C=C/C/C=C/CCC(=O)OC[C@H](COP(=O)(O)OC[C@@H](O)CO)OC(=O)CCCCCCCCC/C=C/CCCCCC. The Morgan fingerprint density at radius 1 is 0.544 bits per heavy atom. The molecule has 0 amide bonds. The molecule has 1 unspecified atom stereocenters. The van der Waals surface area contributed by atoms with Crippen molar-refractivity contribution in [2.75, 3.05) is 26.4 Å². The van der Waals surface area contributed by atoms with Gasteiger partial charge >= 0.3 is 19.8 Å². The molecule has 10 nitrogen and oxygen atoms in total. The number of aliphatic hydroxyl groups excluding tert-OH is 2. The van der Waals surface area contributed by atoms with Gasteiger partial charge in [-0.25, -0.2) is 4.57 Å². The van der Waals surface area contributed by atoms with Gasteiger partial charge in [-0.1, -0.05) is 150 Å². The number of ether oxygens (including phenoxy) is 2. The molecule has 0 aromatic heterocycles. The second-order valence-electron chi connectivity index (χ2n) is 14.0. The zero-order valence-corrected chi connectivity index (χ0v) is 36.2. The van der Waals surface area contributed by atoms with Crippen LogP contribution in [0.3, 0.4) is 0 Å². The van der Waals surface area contributed by atoms with Gasteiger partial charge in [0.05, 0.1) is 19.8 Å². The summed E-state index contributed by atoms with van der Waals surface area (Å²) in [7, 11) is -4.64. The lowest BCUT2D eigenvalue weighted by molar-refractivity contribution is -0.161. The molecule has 0 bridgehead atoms. The van der Waals surface area contributed by atoms with Crippen molar-refractivity contribution in [2.24, 2.45) is 0 Å². The Hall–Kier alpha value is -2.85. The molecule has 0 aliphatic carbocycles. The summed E-state index contributed by atoms with van der Waals surface area (Å²) in [5.74, 6) is -1.04. The number of esters is 2. The number of phosphoric acid groups is 1. The molecule has 57 heavy (non-hydrogen) atoms. The van der Waals surface area contributed by atoms with Crippen LogP contribution in [0.25, 0.3) is 0 Å². The van der Waals surface area contributed by atoms with Gasteiger partial charge in [-0.2, -0.15) is 0 Å². The van der Waals surface area contributed by atoms with Crippen molar-refractivity contribution in [3.63, 3.8) is 0 Å². The van der Waals surface area contributed by atoms with E-state index in [1.165, 1.54) is 44.9 Å². The fourth-order valence-electron chi connectivity index (χ4n) is 5.25. The van der Waals surface area contributed by atoms with Gasteiger partial charge in [-0.3, -0.25) is 18.6 Å². The highest BCUT2D eigenvalue weighted by atomic mass is 31.2. The zero-order chi connectivity index (χ0) is 41.9. The second kappa shape index (κ2) is 41.3. The van der Waals surface area contributed by atoms with Crippen LogP contribution in [0, 0.1) is 0 Å². The van der Waals surface area contributed by atoms with Crippen LogP contribution >= 0.6 is 7.82 Å². The number of carbonyl (C=O) groups is 2. The number of allylic oxidation sites excluding steroid dienone is 14. The smallest absolute Gasteiger partial charge is 0.462 e. The molecule has 0 saturated carbocycles. The fourth-order valence-corrected chi connectivity index (χ4v) is 6.04. The van der Waals surface area contributed by atoms with Crippen molar-refractivity contribution >= 4 is 19.8 Å². The highest BCUT2D eigenvalue weighted by Gasteiger charge is 2.27. The van der Waals surface area contributed by atoms with E-state index >= 15 is 0 Å². The van der Waals surface area contributed by atoms with Crippen LogP contribution in [0.2, 0.25) is 0 Å². The molecule has 3 atom stereocenters. The normalized spacial score (nSPS) is 14.7. The third-order valence-corrected chi connectivity index (χ3v) is 9.50. The Morgan fingerprint density at radius 2 is 1.00 bits per heavy atom.